The number of amides is 2. The van der Waals surface area contributed by atoms with Gasteiger partial charge in [0.1, 0.15) is 0 Å². The molecule has 1 fully saturated rings. The van der Waals surface area contributed by atoms with Crippen molar-refractivity contribution in [3.05, 3.63) is 52.2 Å². The van der Waals surface area contributed by atoms with Crippen LogP contribution in [-0.2, 0) is 11.2 Å². The lowest BCUT2D eigenvalue weighted by Gasteiger charge is -2.15. The number of rotatable bonds is 5. The fourth-order valence-corrected chi connectivity index (χ4v) is 3.46. The zero-order valence-corrected chi connectivity index (χ0v) is 13.8. The van der Waals surface area contributed by atoms with Gasteiger partial charge in [0.05, 0.1) is 0 Å². The Balaban J connectivity index is 1.58. The highest BCUT2D eigenvalue weighted by molar-refractivity contribution is 7.09. The van der Waals surface area contributed by atoms with E-state index in [1.54, 1.807) is 17.4 Å². The molecule has 2 heterocycles. The normalized spacial score (nSPS) is 14.0. The van der Waals surface area contributed by atoms with E-state index in [9.17, 15) is 9.59 Å². The van der Waals surface area contributed by atoms with Gasteiger partial charge in [-0.05, 0) is 48.9 Å². The minimum Gasteiger partial charge on any atom is -0.339 e. The first-order chi connectivity index (χ1) is 11.2. The zero-order valence-electron chi connectivity index (χ0n) is 13.0. The molecule has 1 saturated heterocycles. The van der Waals surface area contributed by atoms with Gasteiger partial charge in [-0.1, -0.05) is 12.1 Å². The lowest BCUT2D eigenvalue weighted by Crippen LogP contribution is -2.27. The Morgan fingerprint density at radius 2 is 1.96 bits per heavy atom. The van der Waals surface area contributed by atoms with Gasteiger partial charge in [0.15, 0.2) is 0 Å². The summed E-state index contributed by atoms with van der Waals surface area (Å²) in [5.41, 5.74) is 1.33. The van der Waals surface area contributed by atoms with E-state index in [1.807, 2.05) is 40.6 Å². The molecule has 0 spiro atoms. The second kappa shape index (κ2) is 7.42. The van der Waals surface area contributed by atoms with E-state index in [1.165, 1.54) is 4.88 Å². The van der Waals surface area contributed by atoms with Crippen LogP contribution in [0.2, 0.25) is 0 Å². The molecule has 5 heteroatoms. The summed E-state index contributed by atoms with van der Waals surface area (Å²) in [6.45, 7) is 1.66. The molecule has 0 bridgehead atoms. The molecule has 23 heavy (non-hydrogen) atoms. The van der Waals surface area contributed by atoms with E-state index in [0.717, 1.165) is 32.4 Å². The molecule has 1 aromatic heterocycles. The molecular weight excluding hydrogens is 308 g/mol. The lowest BCUT2D eigenvalue weighted by atomic mass is 10.1. The maximum Gasteiger partial charge on any atom is 0.253 e. The Bertz CT molecular complexity index is 676. The first-order valence-corrected chi connectivity index (χ1v) is 8.82. The molecule has 0 atom stereocenters. The fraction of sp³-hybridized carbons (Fsp3) is 0.333. The van der Waals surface area contributed by atoms with Crippen molar-refractivity contribution in [2.45, 2.75) is 25.7 Å². The van der Waals surface area contributed by atoms with Crippen LogP contribution < -0.4 is 5.32 Å². The van der Waals surface area contributed by atoms with Gasteiger partial charge in [0, 0.05) is 35.6 Å². The van der Waals surface area contributed by atoms with Crippen LogP contribution in [-0.4, -0.2) is 29.8 Å². The second-order valence-corrected chi connectivity index (χ2v) is 6.74. The number of likely N-dealkylation sites (tertiary alicyclic amines) is 1. The van der Waals surface area contributed by atoms with Crippen molar-refractivity contribution in [2.24, 2.45) is 0 Å². The van der Waals surface area contributed by atoms with Gasteiger partial charge in [-0.15, -0.1) is 11.3 Å². The van der Waals surface area contributed by atoms with Gasteiger partial charge in [-0.2, -0.15) is 0 Å². The summed E-state index contributed by atoms with van der Waals surface area (Å²) in [5.74, 6) is 0.0290. The number of carbonyl (C=O) groups excluding carboxylic acids is 2. The van der Waals surface area contributed by atoms with Crippen LogP contribution in [0.4, 0.5) is 5.69 Å². The highest BCUT2D eigenvalue weighted by Gasteiger charge is 2.19. The van der Waals surface area contributed by atoms with Crippen LogP contribution in [0.5, 0.6) is 0 Å². The molecule has 0 radical (unpaired) electrons. The van der Waals surface area contributed by atoms with Gasteiger partial charge in [-0.3, -0.25) is 9.59 Å². The van der Waals surface area contributed by atoms with E-state index in [-0.39, 0.29) is 11.8 Å². The molecule has 0 aliphatic carbocycles. The third-order valence-electron chi connectivity index (χ3n) is 3.97. The Labute approximate surface area is 140 Å². The molecule has 1 aliphatic heterocycles. The van der Waals surface area contributed by atoms with Gasteiger partial charge in [-0.25, -0.2) is 0 Å². The summed E-state index contributed by atoms with van der Waals surface area (Å²) in [7, 11) is 0. The zero-order chi connectivity index (χ0) is 16.1. The summed E-state index contributed by atoms with van der Waals surface area (Å²) in [4.78, 5) is 27.5. The number of aryl methyl sites for hydroxylation is 1. The molecule has 120 valence electrons. The standard InChI is InChI=1S/C18H20N2O2S/c21-17(9-8-16-7-4-12-23-16)19-15-6-3-5-14(13-15)18(22)20-10-1-2-11-20/h3-7,12-13H,1-2,8-11H2,(H,19,21). The average molecular weight is 328 g/mol. The smallest absolute Gasteiger partial charge is 0.253 e. The van der Waals surface area contributed by atoms with Crippen molar-refractivity contribution in [2.75, 3.05) is 18.4 Å². The maximum atomic E-state index is 12.4. The van der Waals surface area contributed by atoms with Crippen molar-refractivity contribution < 1.29 is 9.59 Å². The van der Waals surface area contributed by atoms with Gasteiger partial charge < -0.3 is 10.2 Å². The van der Waals surface area contributed by atoms with Gasteiger partial charge in [0.2, 0.25) is 5.91 Å². The number of benzene rings is 1. The van der Waals surface area contributed by atoms with Crippen LogP contribution in [0.1, 0.15) is 34.5 Å². The maximum absolute atomic E-state index is 12.4. The average Bonchev–Trinajstić information content (AvgIpc) is 3.26. The second-order valence-electron chi connectivity index (χ2n) is 5.71. The number of nitrogens with one attached hydrogen (secondary N) is 1. The molecular formula is C18H20N2O2S. The summed E-state index contributed by atoms with van der Waals surface area (Å²) < 4.78 is 0. The van der Waals surface area contributed by atoms with Crippen LogP contribution in [0.3, 0.4) is 0 Å². The Morgan fingerprint density at radius 1 is 1.13 bits per heavy atom. The molecule has 0 unspecified atom stereocenters. The molecule has 3 rings (SSSR count). The molecule has 1 aromatic carbocycles. The SMILES string of the molecule is O=C(CCc1cccs1)Nc1cccc(C(=O)N2CCCC2)c1. The van der Waals surface area contributed by atoms with E-state index < -0.39 is 0 Å². The van der Waals surface area contributed by atoms with Crippen molar-refractivity contribution in [3.63, 3.8) is 0 Å². The first-order valence-electron chi connectivity index (χ1n) is 7.94. The Morgan fingerprint density at radius 3 is 2.70 bits per heavy atom. The van der Waals surface area contributed by atoms with Crippen LogP contribution in [0.25, 0.3) is 0 Å². The molecule has 4 nitrogen and oxygen atoms in total. The Hall–Kier alpha value is -2.14. The minimum absolute atomic E-state index is 0.0239. The number of thiophene rings is 1. The predicted octanol–water partition coefficient (Wildman–Crippen LogP) is 3.56. The number of hydrogen-bond donors (Lipinski definition) is 1. The molecule has 1 aliphatic rings. The van der Waals surface area contributed by atoms with Crippen LogP contribution in [0.15, 0.2) is 41.8 Å². The van der Waals surface area contributed by atoms with Crippen molar-refractivity contribution in [1.82, 2.24) is 4.90 Å². The quantitative estimate of drug-likeness (QED) is 0.912. The van der Waals surface area contributed by atoms with E-state index in [2.05, 4.69) is 5.32 Å². The molecule has 0 saturated carbocycles. The predicted molar refractivity (Wildman–Crippen MR) is 92.8 cm³/mol. The van der Waals surface area contributed by atoms with E-state index in [4.69, 9.17) is 0 Å². The Kier molecular flexibility index (Phi) is 5.08. The largest absolute Gasteiger partial charge is 0.339 e. The highest BCUT2D eigenvalue weighted by atomic mass is 32.1. The minimum atomic E-state index is -0.0239. The number of nitrogens with zero attached hydrogens (tertiary/aromatic N) is 1. The molecule has 2 amide bonds. The highest BCUT2D eigenvalue weighted by Crippen LogP contribution is 2.17. The lowest BCUT2D eigenvalue weighted by molar-refractivity contribution is -0.116. The number of carbonyl (C=O) groups is 2. The van der Waals surface area contributed by atoms with Crippen LogP contribution in [0, 0.1) is 0 Å². The summed E-state index contributed by atoms with van der Waals surface area (Å²) in [6.07, 6.45) is 3.34. The number of anilines is 1. The number of hydrogen-bond acceptors (Lipinski definition) is 3. The first kappa shape index (κ1) is 15.7. The van der Waals surface area contributed by atoms with E-state index >= 15 is 0 Å². The van der Waals surface area contributed by atoms with Crippen molar-refractivity contribution >= 4 is 28.8 Å². The van der Waals surface area contributed by atoms with Crippen LogP contribution >= 0.6 is 11.3 Å². The van der Waals surface area contributed by atoms with Crippen molar-refractivity contribution in [3.8, 4) is 0 Å². The third kappa shape index (κ3) is 4.20. The topological polar surface area (TPSA) is 49.4 Å². The van der Waals surface area contributed by atoms with Gasteiger partial charge >= 0.3 is 0 Å². The summed E-state index contributed by atoms with van der Waals surface area (Å²) in [6, 6.07) is 11.2. The summed E-state index contributed by atoms with van der Waals surface area (Å²) in [5, 5.41) is 4.90. The molecule has 1 N–H and O–H groups in total. The third-order valence-corrected chi connectivity index (χ3v) is 4.90. The fourth-order valence-electron chi connectivity index (χ4n) is 2.75. The molecule has 2 aromatic rings. The summed E-state index contributed by atoms with van der Waals surface area (Å²) >= 11 is 1.66. The van der Waals surface area contributed by atoms with Gasteiger partial charge in [0.25, 0.3) is 5.91 Å². The van der Waals surface area contributed by atoms with E-state index in [0.29, 0.717) is 17.7 Å². The monoisotopic (exact) mass is 328 g/mol. The van der Waals surface area contributed by atoms with Crippen molar-refractivity contribution in [1.29, 1.82) is 0 Å².